The van der Waals surface area contributed by atoms with Crippen molar-refractivity contribution in [1.82, 2.24) is 9.88 Å². The number of carbonyl (C=O) groups is 1. The van der Waals surface area contributed by atoms with E-state index in [0.717, 1.165) is 38.6 Å². The summed E-state index contributed by atoms with van der Waals surface area (Å²) in [6, 6.07) is 2.19. The van der Waals surface area contributed by atoms with Crippen molar-refractivity contribution in [3.05, 3.63) is 23.5 Å². The first kappa shape index (κ1) is 11.8. The quantitative estimate of drug-likeness (QED) is 0.874. The SMILES string of the molecule is CCCC[C@]12CCCC(=O)N1CCc1cc[nH]c12. The van der Waals surface area contributed by atoms with Crippen LogP contribution in [-0.2, 0) is 16.8 Å². The Kier molecular flexibility index (Phi) is 2.92. The number of hydrogen-bond donors (Lipinski definition) is 1. The van der Waals surface area contributed by atoms with E-state index in [4.69, 9.17) is 0 Å². The van der Waals surface area contributed by atoms with Crippen LogP contribution in [-0.4, -0.2) is 22.3 Å². The van der Waals surface area contributed by atoms with E-state index < -0.39 is 0 Å². The smallest absolute Gasteiger partial charge is 0.223 e. The first-order valence-corrected chi connectivity index (χ1v) is 7.25. The standard InChI is InChI=1S/C15H22N2O/c1-2-3-8-15-9-4-5-13(18)17(15)11-7-12-6-10-16-14(12)15/h6,10,16H,2-5,7-9,11H2,1H3/t15-/m1/s1. The van der Waals surface area contributed by atoms with Gasteiger partial charge in [-0.25, -0.2) is 0 Å². The van der Waals surface area contributed by atoms with Gasteiger partial charge in [-0.2, -0.15) is 0 Å². The van der Waals surface area contributed by atoms with E-state index in [1.54, 1.807) is 0 Å². The van der Waals surface area contributed by atoms with Crippen molar-refractivity contribution in [3.63, 3.8) is 0 Å². The zero-order valence-corrected chi connectivity index (χ0v) is 11.2. The summed E-state index contributed by atoms with van der Waals surface area (Å²) in [6.45, 7) is 3.14. The highest BCUT2D eigenvalue weighted by Crippen LogP contribution is 2.45. The Hall–Kier alpha value is -1.25. The summed E-state index contributed by atoms with van der Waals surface area (Å²) in [4.78, 5) is 17.8. The number of aromatic amines is 1. The van der Waals surface area contributed by atoms with Gasteiger partial charge in [0.2, 0.25) is 5.91 Å². The zero-order chi connectivity index (χ0) is 12.6. The molecule has 3 rings (SSSR count). The molecule has 0 bridgehead atoms. The number of nitrogens with one attached hydrogen (secondary N) is 1. The predicted octanol–water partition coefficient (Wildman–Crippen LogP) is 2.97. The van der Waals surface area contributed by atoms with Crippen LogP contribution in [0.1, 0.15) is 56.7 Å². The lowest BCUT2D eigenvalue weighted by Crippen LogP contribution is -2.55. The summed E-state index contributed by atoms with van der Waals surface area (Å²) in [5, 5.41) is 0. The lowest BCUT2D eigenvalue weighted by atomic mass is 9.75. The molecule has 1 aromatic rings. The van der Waals surface area contributed by atoms with Crippen LogP contribution in [0.2, 0.25) is 0 Å². The second-order valence-corrected chi connectivity index (χ2v) is 5.66. The van der Waals surface area contributed by atoms with Crippen molar-refractivity contribution in [2.45, 2.75) is 57.4 Å². The van der Waals surface area contributed by atoms with Crippen LogP contribution < -0.4 is 0 Å². The second-order valence-electron chi connectivity index (χ2n) is 5.66. The summed E-state index contributed by atoms with van der Waals surface area (Å²) in [6.07, 6.45) is 9.47. The van der Waals surface area contributed by atoms with E-state index in [2.05, 4.69) is 22.9 Å². The first-order chi connectivity index (χ1) is 8.78. The van der Waals surface area contributed by atoms with Crippen LogP contribution >= 0.6 is 0 Å². The summed E-state index contributed by atoms with van der Waals surface area (Å²) < 4.78 is 0. The highest BCUT2D eigenvalue weighted by atomic mass is 16.2. The molecular formula is C15H22N2O. The number of unbranched alkanes of at least 4 members (excludes halogenated alkanes) is 1. The predicted molar refractivity (Wildman–Crippen MR) is 71.3 cm³/mol. The number of piperidine rings is 1. The largest absolute Gasteiger partial charge is 0.363 e. The molecule has 1 saturated heterocycles. The van der Waals surface area contributed by atoms with Gasteiger partial charge in [0.05, 0.1) is 5.54 Å². The molecule has 3 heterocycles. The molecule has 1 aromatic heterocycles. The van der Waals surface area contributed by atoms with E-state index in [1.165, 1.54) is 24.1 Å². The lowest BCUT2D eigenvalue weighted by molar-refractivity contribution is -0.144. The second kappa shape index (κ2) is 4.45. The van der Waals surface area contributed by atoms with E-state index in [1.807, 2.05) is 6.20 Å². The minimum absolute atomic E-state index is 0.0115. The summed E-state index contributed by atoms with van der Waals surface area (Å²) in [5.41, 5.74) is 2.75. The Bertz CT molecular complexity index is 451. The molecule has 1 N–H and O–H groups in total. The molecule has 1 atom stereocenters. The monoisotopic (exact) mass is 246 g/mol. The number of H-pyrrole nitrogens is 1. The molecule has 1 fully saturated rings. The van der Waals surface area contributed by atoms with Crippen LogP contribution in [0.4, 0.5) is 0 Å². The Morgan fingerprint density at radius 3 is 3.17 bits per heavy atom. The van der Waals surface area contributed by atoms with Gasteiger partial charge in [-0.15, -0.1) is 0 Å². The maximum absolute atomic E-state index is 12.2. The van der Waals surface area contributed by atoms with Crippen molar-refractivity contribution in [3.8, 4) is 0 Å². The Balaban J connectivity index is 2.03. The van der Waals surface area contributed by atoms with Gasteiger partial charge in [0.25, 0.3) is 0 Å². The van der Waals surface area contributed by atoms with Gasteiger partial charge < -0.3 is 9.88 Å². The van der Waals surface area contributed by atoms with Crippen LogP contribution in [0.25, 0.3) is 0 Å². The molecule has 2 aliphatic rings. The summed E-state index contributed by atoms with van der Waals surface area (Å²) >= 11 is 0. The topological polar surface area (TPSA) is 36.1 Å². The van der Waals surface area contributed by atoms with Crippen molar-refractivity contribution >= 4 is 5.91 Å². The molecule has 0 aliphatic carbocycles. The number of rotatable bonds is 3. The minimum atomic E-state index is -0.0115. The van der Waals surface area contributed by atoms with Crippen molar-refractivity contribution in [2.24, 2.45) is 0 Å². The third kappa shape index (κ3) is 1.60. The molecule has 3 nitrogen and oxygen atoms in total. The normalized spacial score (nSPS) is 26.9. The maximum atomic E-state index is 12.2. The van der Waals surface area contributed by atoms with Crippen molar-refractivity contribution in [1.29, 1.82) is 0 Å². The average molecular weight is 246 g/mol. The Morgan fingerprint density at radius 2 is 2.33 bits per heavy atom. The number of nitrogens with zero attached hydrogens (tertiary/aromatic N) is 1. The molecule has 0 radical (unpaired) electrons. The van der Waals surface area contributed by atoms with Gasteiger partial charge >= 0.3 is 0 Å². The number of hydrogen-bond acceptors (Lipinski definition) is 1. The van der Waals surface area contributed by atoms with Gasteiger partial charge in [0.1, 0.15) is 0 Å². The van der Waals surface area contributed by atoms with Crippen molar-refractivity contribution < 1.29 is 4.79 Å². The van der Waals surface area contributed by atoms with Gasteiger partial charge in [-0.1, -0.05) is 19.8 Å². The van der Waals surface area contributed by atoms with Gasteiger partial charge in [0, 0.05) is 24.9 Å². The molecule has 1 amide bonds. The fraction of sp³-hybridized carbons (Fsp3) is 0.667. The zero-order valence-electron chi connectivity index (χ0n) is 11.2. The summed E-state index contributed by atoms with van der Waals surface area (Å²) in [7, 11) is 0. The summed E-state index contributed by atoms with van der Waals surface area (Å²) in [5.74, 6) is 0.359. The molecule has 0 unspecified atom stereocenters. The molecular weight excluding hydrogens is 224 g/mol. The molecule has 0 spiro atoms. The maximum Gasteiger partial charge on any atom is 0.223 e. The molecule has 0 aromatic carbocycles. The molecule has 18 heavy (non-hydrogen) atoms. The first-order valence-electron chi connectivity index (χ1n) is 7.25. The lowest BCUT2D eigenvalue weighted by Gasteiger charge is -2.50. The van der Waals surface area contributed by atoms with E-state index in [9.17, 15) is 4.79 Å². The Labute approximate surface area is 109 Å². The third-order valence-electron chi connectivity index (χ3n) is 4.65. The molecule has 98 valence electrons. The highest BCUT2D eigenvalue weighted by molar-refractivity contribution is 5.78. The van der Waals surface area contributed by atoms with Crippen LogP contribution in [0.5, 0.6) is 0 Å². The van der Waals surface area contributed by atoms with E-state index in [0.29, 0.717) is 5.91 Å². The molecule has 0 saturated carbocycles. The third-order valence-corrected chi connectivity index (χ3v) is 4.65. The van der Waals surface area contributed by atoms with E-state index in [-0.39, 0.29) is 5.54 Å². The van der Waals surface area contributed by atoms with Crippen LogP contribution in [0, 0.1) is 0 Å². The number of fused-ring (bicyclic) bond motifs is 3. The fourth-order valence-corrected chi connectivity index (χ4v) is 3.77. The van der Waals surface area contributed by atoms with Gasteiger partial charge in [-0.3, -0.25) is 4.79 Å². The Morgan fingerprint density at radius 1 is 1.44 bits per heavy atom. The number of aromatic nitrogens is 1. The van der Waals surface area contributed by atoms with Crippen LogP contribution in [0.15, 0.2) is 12.3 Å². The average Bonchev–Trinajstić information content (AvgIpc) is 2.86. The van der Waals surface area contributed by atoms with Gasteiger partial charge in [0.15, 0.2) is 0 Å². The highest BCUT2D eigenvalue weighted by Gasteiger charge is 2.47. The van der Waals surface area contributed by atoms with Crippen LogP contribution in [0.3, 0.4) is 0 Å². The fourth-order valence-electron chi connectivity index (χ4n) is 3.77. The molecule has 3 heteroatoms. The number of carbonyl (C=O) groups excluding carboxylic acids is 1. The van der Waals surface area contributed by atoms with E-state index >= 15 is 0 Å². The number of amides is 1. The minimum Gasteiger partial charge on any atom is -0.363 e. The van der Waals surface area contributed by atoms with Gasteiger partial charge in [-0.05, 0) is 37.3 Å². The molecule has 2 aliphatic heterocycles. The van der Waals surface area contributed by atoms with Crippen molar-refractivity contribution in [2.75, 3.05) is 6.54 Å².